The van der Waals surface area contributed by atoms with E-state index in [9.17, 15) is 4.79 Å². The monoisotopic (exact) mass is 151 g/mol. The van der Waals surface area contributed by atoms with Gasteiger partial charge < -0.3 is 5.32 Å². The van der Waals surface area contributed by atoms with Gasteiger partial charge in [0.05, 0.1) is 0 Å². The minimum Gasteiger partial charge on any atom is -0.353 e. The molecule has 0 bridgehead atoms. The van der Waals surface area contributed by atoms with Crippen LogP contribution in [0.5, 0.6) is 0 Å². The summed E-state index contributed by atoms with van der Waals surface area (Å²) in [6.07, 6.45) is 4.21. The van der Waals surface area contributed by atoms with E-state index in [-0.39, 0.29) is 5.91 Å². The number of amides is 1. The van der Waals surface area contributed by atoms with Crippen LogP contribution in [0, 0.1) is 17.3 Å². The molecule has 11 heavy (non-hydrogen) atoms. The van der Waals surface area contributed by atoms with E-state index in [0.29, 0.717) is 11.5 Å². The Morgan fingerprint density at radius 3 is 2.82 bits per heavy atom. The summed E-state index contributed by atoms with van der Waals surface area (Å²) in [5.41, 5.74) is 0.645. The number of nitrogens with one attached hydrogen (secondary N) is 1. The van der Waals surface area contributed by atoms with Gasteiger partial charge in [-0.2, -0.15) is 0 Å². The summed E-state index contributed by atoms with van der Waals surface area (Å²) in [6, 6.07) is 0.582. The number of carbonyl (C=O) groups excluding carboxylic acids is 1. The first-order valence-corrected chi connectivity index (χ1v) is 4.52. The molecule has 0 saturated heterocycles. The molecule has 0 radical (unpaired) electrons. The van der Waals surface area contributed by atoms with Crippen molar-refractivity contribution in [3.8, 4) is 0 Å². The first-order valence-electron chi connectivity index (χ1n) is 4.52. The van der Waals surface area contributed by atoms with E-state index in [4.69, 9.17) is 0 Å². The molecule has 3 aliphatic carbocycles. The van der Waals surface area contributed by atoms with E-state index >= 15 is 0 Å². The van der Waals surface area contributed by atoms with Crippen LogP contribution in [0.25, 0.3) is 0 Å². The van der Waals surface area contributed by atoms with Gasteiger partial charge in [0.15, 0.2) is 0 Å². The van der Waals surface area contributed by atoms with E-state index < -0.39 is 0 Å². The van der Waals surface area contributed by atoms with Crippen molar-refractivity contribution in [2.24, 2.45) is 17.3 Å². The second-order valence-electron chi connectivity index (χ2n) is 4.38. The summed E-state index contributed by atoms with van der Waals surface area (Å²) in [6.45, 7) is 1.63. The topological polar surface area (TPSA) is 29.1 Å². The molecule has 2 nitrogen and oxygen atoms in total. The van der Waals surface area contributed by atoms with Gasteiger partial charge in [-0.25, -0.2) is 0 Å². The lowest BCUT2D eigenvalue weighted by atomic mass is 10.2. The van der Waals surface area contributed by atoms with Gasteiger partial charge in [-0.3, -0.25) is 4.79 Å². The highest BCUT2D eigenvalue weighted by molar-refractivity contribution is 5.74. The highest BCUT2D eigenvalue weighted by Crippen LogP contribution is 2.81. The maximum absolute atomic E-state index is 10.8. The van der Waals surface area contributed by atoms with Gasteiger partial charge in [-0.15, -0.1) is 0 Å². The Morgan fingerprint density at radius 1 is 1.55 bits per heavy atom. The van der Waals surface area contributed by atoms with Crippen LogP contribution in [-0.4, -0.2) is 11.9 Å². The van der Waals surface area contributed by atoms with E-state index in [2.05, 4.69) is 5.32 Å². The van der Waals surface area contributed by atoms with E-state index in [1.54, 1.807) is 6.92 Å². The largest absolute Gasteiger partial charge is 0.353 e. The fourth-order valence-electron chi connectivity index (χ4n) is 3.38. The number of hydrogen-bond acceptors (Lipinski definition) is 1. The Morgan fingerprint density at radius 2 is 2.36 bits per heavy atom. The van der Waals surface area contributed by atoms with Crippen LogP contribution >= 0.6 is 0 Å². The lowest BCUT2D eigenvalue weighted by Crippen LogP contribution is -2.25. The Bertz CT molecular complexity index is 238. The number of rotatable bonds is 1. The molecule has 0 heterocycles. The first-order chi connectivity index (χ1) is 5.25. The molecular weight excluding hydrogens is 138 g/mol. The molecule has 2 heteroatoms. The second-order valence-corrected chi connectivity index (χ2v) is 4.38. The van der Waals surface area contributed by atoms with Gasteiger partial charge in [-0.1, -0.05) is 0 Å². The summed E-state index contributed by atoms with van der Waals surface area (Å²) in [5, 5.41) is 3.06. The molecule has 4 unspecified atom stereocenters. The van der Waals surface area contributed by atoms with Crippen LogP contribution in [0.1, 0.15) is 26.2 Å². The van der Waals surface area contributed by atoms with Crippen LogP contribution in [0.15, 0.2) is 0 Å². The lowest BCUT2D eigenvalue weighted by molar-refractivity contribution is -0.119. The molecule has 0 aliphatic heterocycles. The third-order valence-corrected chi connectivity index (χ3v) is 3.95. The third-order valence-electron chi connectivity index (χ3n) is 3.95. The van der Waals surface area contributed by atoms with Gasteiger partial charge in [0.25, 0.3) is 0 Å². The lowest BCUT2D eigenvalue weighted by Gasteiger charge is -2.01. The molecular formula is C9H13NO. The third kappa shape index (κ3) is 0.534. The van der Waals surface area contributed by atoms with E-state index in [1.165, 1.54) is 19.3 Å². The maximum atomic E-state index is 10.8. The zero-order chi connectivity index (χ0) is 7.64. The molecule has 3 aliphatic rings. The average Bonchev–Trinajstić information content (AvgIpc) is 2.73. The van der Waals surface area contributed by atoms with Crippen molar-refractivity contribution in [1.82, 2.24) is 5.32 Å². The molecule has 0 aromatic heterocycles. The molecule has 60 valence electrons. The predicted octanol–water partition coefficient (Wildman–Crippen LogP) is 0.921. The van der Waals surface area contributed by atoms with Gasteiger partial charge in [-0.05, 0) is 36.5 Å². The summed E-state index contributed by atoms with van der Waals surface area (Å²) in [7, 11) is 0. The number of carbonyl (C=O) groups is 1. The SMILES string of the molecule is CC(=O)NC1C2CCC3CC321. The van der Waals surface area contributed by atoms with Gasteiger partial charge in [0.1, 0.15) is 0 Å². The van der Waals surface area contributed by atoms with Crippen LogP contribution in [0.2, 0.25) is 0 Å². The molecule has 1 N–H and O–H groups in total. The van der Waals surface area contributed by atoms with Gasteiger partial charge in [0, 0.05) is 13.0 Å². The molecule has 1 amide bonds. The summed E-state index contributed by atoms with van der Waals surface area (Å²) in [4.78, 5) is 10.8. The zero-order valence-electron chi connectivity index (χ0n) is 6.76. The van der Waals surface area contributed by atoms with Crippen molar-refractivity contribution in [2.45, 2.75) is 32.2 Å². The zero-order valence-corrected chi connectivity index (χ0v) is 6.76. The normalized spacial score (nSPS) is 56.3. The summed E-state index contributed by atoms with van der Waals surface area (Å²) >= 11 is 0. The molecule has 1 spiro atoms. The molecule has 0 aromatic rings. The van der Waals surface area contributed by atoms with Crippen molar-refractivity contribution in [3.05, 3.63) is 0 Å². The minimum absolute atomic E-state index is 0.157. The van der Waals surface area contributed by atoms with E-state index in [1.807, 2.05) is 0 Å². The maximum Gasteiger partial charge on any atom is 0.217 e. The van der Waals surface area contributed by atoms with E-state index in [0.717, 1.165) is 11.8 Å². The highest BCUT2D eigenvalue weighted by atomic mass is 16.1. The molecule has 3 fully saturated rings. The standard InChI is InChI=1S/C9H13NO/c1-5(11)10-8-7-3-2-6-4-9(6,7)8/h6-8H,2-4H2,1H3,(H,10,11). The molecule has 3 saturated carbocycles. The fourth-order valence-corrected chi connectivity index (χ4v) is 3.38. The van der Waals surface area contributed by atoms with Crippen molar-refractivity contribution < 1.29 is 4.79 Å². The van der Waals surface area contributed by atoms with Gasteiger partial charge >= 0.3 is 0 Å². The quantitative estimate of drug-likeness (QED) is 0.593. The Kier molecular flexibility index (Phi) is 0.809. The predicted molar refractivity (Wildman–Crippen MR) is 40.9 cm³/mol. The van der Waals surface area contributed by atoms with Crippen LogP contribution in [-0.2, 0) is 4.79 Å². The average molecular weight is 151 g/mol. The molecule has 4 atom stereocenters. The Hall–Kier alpha value is -0.530. The van der Waals surface area contributed by atoms with Crippen LogP contribution in [0.3, 0.4) is 0 Å². The summed E-state index contributed by atoms with van der Waals surface area (Å²) in [5.74, 6) is 2.02. The van der Waals surface area contributed by atoms with Crippen LogP contribution < -0.4 is 5.32 Å². The highest BCUT2D eigenvalue weighted by Gasteiger charge is 2.80. The van der Waals surface area contributed by atoms with Crippen LogP contribution in [0.4, 0.5) is 0 Å². The van der Waals surface area contributed by atoms with Crippen molar-refractivity contribution in [1.29, 1.82) is 0 Å². The molecule has 3 rings (SSSR count). The second kappa shape index (κ2) is 1.47. The van der Waals surface area contributed by atoms with Crippen molar-refractivity contribution >= 4 is 5.91 Å². The smallest absolute Gasteiger partial charge is 0.217 e. The Labute approximate surface area is 66.4 Å². The van der Waals surface area contributed by atoms with Crippen molar-refractivity contribution in [3.63, 3.8) is 0 Å². The summed E-state index contributed by atoms with van der Waals surface area (Å²) < 4.78 is 0. The number of hydrogen-bond donors (Lipinski definition) is 1. The Balaban J connectivity index is 1.73. The van der Waals surface area contributed by atoms with Gasteiger partial charge in [0.2, 0.25) is 5.91 Å². The van der Waals surface area contributed by atoms with Crippen molar-refractivity contribution in [2.75, 3.05) is 0 Å². The fraction of sp³-hybridized carbons (Fsp3) is 0.889. The minimum atomic E-state index is 0.157. The first kappa shape index (κ1) is 6.04. The molecule has 0 aromatic carbocycles.